The van der Waals surface area contributed by atoms with Crippen molar-refractivity contribution in [3.8, 4) is 0 Å². The molecule has 3 atom stereocenters. The largest absolute Gasteiger partial charge is 0.481 e. The first-order chi connectivity index (χ1) is 9.36. The van der Waals surface area contributed by atoms with Crippen molar-refractivity contribution in [2.75, 3.05) is 6.61 Å². The zero-order valence-electron chi connectivity index (χ0n) is 13.2. The lowest BCUT2D eigenvalue weighted by molar-refractivity contribution is -0.150. The Kier molecular flexibility index (Phi) is 4.75. The van der Waals surface area contributed by atoms with Crippen LogP contribution in [0.25, 0.3) is 0 Å². The van der Waals surface area contributed by atoms with Gasteiger partial charge in [0, 0.05) is 18.7 Å². The van der Waals surface area contributed by atoms with Crippen LogP contribution >= 0.6 is 0 Å². The number of aliphatic carboxylic acids is 1. The van der Waals surface area contributed by atoms with E-state index in [4.69, 9.17) is 4.74 Å². The van der Waals surface area contributed by atoms with Crippen LogP contribution in [-0.2, 0) is 9.53 Å². The van der Waals surface area contributed by atoms with Gasteiger partial charge in [0.15, 0.2) is 0 Å². The first kappa shape index (κ1) is 15.8. The Hall–Kier alpha value is -0.610. The normalized spacial score (nSPS) is 40.1. The van der Waals surface area contributed by atoms with Crippen LogP contribution in [0.1, 0.15) is 53.4 Å². The Bertz CT molecular complexity index is 350. The van der Waals surface area contributed by atoms with E-state index in [1.54, 1.807) is 0 Å². The highest BCUT2D eigenvalue weighted by Crippen LogP contribution is 2.45. The van der Waals surface area contributed by atoms with Gasteiger partial charge < -0.3 is 15.2 Å². The molecule has 116 valence electrons. The predicted molar refractivity (Wildman–Crippen MR) is 78.7 cm³/mol. The summed E-state index contributed by atoms with van der Waals surface area (Å²) in [6.45, 7) is 9.25. The van der Waals surface area contributed by atoms with Gasteiger partial charge in [-0.25, -0.2) is 0 Å². The van der Waals surface area contributed by atoms with E-state index >= 15 is 0 Å². The van der Waals surface area contributed by atoms with Crippen LogP contribution in [0.3, 0.4) is 0 Å². The van der Waals surface area contributed by atoms with Gasteiger partial charge in [0.25, 0.3) is 0 Å². The SMILES string of the molecule is CCOC1CC(NC2CCC(C(=O)O)C(C)(C)C2C)C1. The van der Waals surface area contributed by atoms with E-state index in [2.05, 4.69) is 26.1 Å². The van der Waals surface area contributed by atoms with Crippen LogP contribution < -0.4 is 5.32 Å². The van der Waals surface area contributed by atoms with Gasteiger partial charge in [0.05, 0.1) is 12.0 Å². The van der Waals surface area contributed by atoms with Crippen LogP contribution in [0.15, 0.2) is 0 Å². The quantitative estimate of drug-likeness (QED) is 0.814. The molecule has 2 N–H and O–H groups in total. The summed E-state index contributed by atoms with van der Waals surface area (Å²) >= 11 is 0. The standard InChI is InChI=1S/C16H29NO3/c1-5-20-12-8-11(9-12)17-14-7-6-13(15(18)19)16(3,4)10(14)2/h10-14,17H,5-9H2,1-4H3,(H,18,19). The van der Waals surface area contributed by atoms with Gasteiger partial charge in [-0.15, -0.1) is 0 Å². The Morgan fingerprint density at radius 2 is 2.00 bits per heavy atom. The van der Waals surface area contributed by atoms with E-state index in [0.29, 0.717) is 24.1 Å². The van der Waals surface area contributed by atoms with Crippen molar-refractivity contribution in [3.63, 3.8) is 0 Å². The van der Waals surface area contributed by atoms with Gasteiger partial charge in [-0.3, -0.25) is 4.79 Å². The average molecular weight is 283 g/mol. The van der Waals surface area contributed by atoms with E-state index in [1.165, 1.54) is 0 Å². The summed E-state index contributed by atoms with van der Waals surface area (Å²) < 4.78 is 5.60. The number of nitrogens with one attached hydrogen (secondary N) is 1. The minimum absolute atomic E-state index is 0.148. The lowest BCUT2D eigenvalue weighted by atomic mass is 9.60. The third-order valence-corrected chi connectivity index (χ3v) is 5.69. The Morgan fingerprint density at radius 3 is 2.55 bits per heavy atom. The average Bonchev–Trinajstić information content (AvgIpc) is 2.31. The molecule has 0 saturated heterocycles. The molecule has 0 heterocycles. The first-order valence-corrected chi connectivity index (χ1v) is 7.96. The van der Waals surface area contributed by atoms with Crippen LogP contribution in [0, 0.1) is 17.3 Å². The predicted octanol–water partition coefficient (Wildman–Crippen LogP) is 2.67. The Morgan fingerprint density at radius 1 is 1.35 bits per heavy atom. The minimum Gasteiger partial charge on any atom is -0.481 e. The fourth-order valence-corrected chi connectivity index (χ4v) is 3.85. The number of carboxylic acids is 1. The van der Waals surface area contributed by atoms with Crippen molar-refractivity contribution in [1.29, 1.82) is 0 Å². The van der Waals surface area contributed by atoms with Gasteiger partial charge in [0.2, 0.25) is 0 Å². The molecule has 0 aromatic carbocycles. The third-order valence-electron chi connectivity index (χ3n) is 5.69. The van der Waals surface area contributed by atoms with Crippen LogP contribution in [-0.4, -0.2) is 35.9 Å². The van der Waals surface area contributed by atoms with Crippen molar-refractivity contribution in [3.05, 3.63) is 0 Å². The lowest BCUT2D eigenvalue weighted by Gasteiger charge is -2.49. The smallest absolute Gasteiger partial charge is 0.307 e. The van der Waals surface area contributed by atoms with Gasteiger partial charge in [-0.1, -0.05) is 20.8 Å². The number of carboxylic acid groups (broad SMARTS) is 1. The highest BCUT2D eigenvalue weighted by molar-refractivity contribution is 5.71. The maximum absolute atomic E-state index is 11.4. The summed E-state index contributed by atoms with van der Waals surface area (Å²) in [6.07, 6.45) is 4.37. The number of ether oxygens (including phenoxy) is 1. The molecule has 0 aromatic rings. The first-order valence-electron chi connectivity index (χ1n) is 7.96. The molecule has 0 bridgehead atoms. The monoisotopic (exact) mass is 283 g/mol. The highest BCUT2D eigenvalue weighted by Gasteiger charge is 2.47. The molecule has 2 aliphatic rings. The van der Waals surface area contributed by atoms with E-state index in [-0.39, 0.29) is 11.3 Å². The molecule has 20 heavy (non-hydrogen) atoms. The van der Waals surface area contributed by atoms with E-state index < -0.39 is 5.97 Å². The molecule has 0 radical (unpaired) electrons. The fourth-order valence-electron chi connectivity index (χ4n) is 3.85. The number of carbonyl (C=O) groups is 1. The molecule has 0 aromatic heterocycles. The molecule has 4 nitrogen and oxygen atoms in total. The molecule has 2 aliphatic carbocycles. The topological polar surface area (TPSA) is 58.6 Å². The van der Waals surface area contributed by atoms with Crippen LogP contribution in [0.4, 0.5) is 0 Å². The summed E-state index contributed by atoms with van der Waals surface area (Å²) in [5.41, 5.74) is -0.148. The molecule has 2 rings (SSSR count). The summed E-state index contributed by atoms with van der Waals surface area (Å²) in [7, 11) is 0. The molecule has 0 spiro atoms. The van der Waals surface area contributed by atoms with Gasteiger partial charge in [-0.05, 0) is 43.9 Å². The zero-order valence-corrected chi connectivity index (χ0v) is 13.2. The number of hydrogen-bond acceptors (Lipinski definition) is 3. The number of rotatable bonds is 5. The second kappa shape index (κ2) is 6.02. The van der Waals surface area contributed by atoms with Crippen molar-refractivity contribution in [1.82, 2.24) is 5.32 Å². The summed E-state index contributed by atoms with van der Waals surface area (Å²) in [4.78, 5) is 11.4. The van der Waals surface area contributed by atoms with Gasteiger partial charge >= 0.3 is 5.97 Å². The van der Waals surface area contributed by atoms with E-state index in [1.807, 2.05) is 6.92 Å². The van der Waals surface area contributed by atoms with Crippen molar-refractivity contribution < 1.29 is 14.6 Å². The lowest BCUT2D eigenvalue weighted by Crippen LogP contribution is -2.56. The molecule has 2 fully saturated rings. The second-order valence-electron chi connectivity index (χ2n) is 7.10. The summed E-state index contributed by atoms with van der Waals surface area (Å²) in [5, 5.41) is 13.1. The second-order valence-corrected chi connectivity index (χ2v) is 7.10. The third kappa shape index (κ3) is 3.01. The van der Waals surface area contributed by atoms with E-state index in [0.717, 1.165) is 32.3 Å². The maximum Gasteiger partial charge on any atom is 0.307 e. The van der Waals surface area contributed by atoms with Crippen molar-refractivity contribution in [2.45, 2.75) is 71.6 Å². The minimum atomic E-state index is -0.639. The summed E-state index contributed by atoms with van der Waals surface area (Å²) in [5.74, 6) is -0.475. The molecule has 0 aliphatic heterocycles. The van der Waals surface area contributed by atoms with Gasteiger partial charge in [0.1, 0.15) is 0 Å². The molecular weight excluding hydrogens is 254 g/mol. The van der Waals surface area contributed by atoms with Crippen LogP contribution in [0.2, 0.25) is 0 Å². The molecule has 4 heteroatoms. The molecule has 2 saturated carbocycles. The van der Waals surface area contributed by atoms with Crippen molar-refractivity contribution in [2.24, 2.45) is 17.3 Å². The fraction of sp³-hybridized carbons (Fsp3) is 0.938. The number of hydrogen-bond donors (Lipinski definition) is 2. The maximum atomic E-state index is 11.4. The molecular formula is C16H29NO3. The Balaban J connectivity index is 1.87. The van der Waals surface area contributed by atoms with Crippen molar-refractivity contribution >= 4 is 5.97 Å². The summed E-state index contributed by atoms with van der Waals surface area (Å²) in [6, 6.07) is 0.990. The highest BCUT2D eigenvalue weighted by atomic mass is 16.5. The Labute approximate surface area is 122 Å². The van der Waals surface area contributed by atoms with Gasteiger partial charge in [-0.2, -0.15) is 0 Å². The molecule has 0 amide bonds. The van der Waals surface area contributed by atoms with E-state index in [9.17, 15) is 9.90 Å². The van der Waals surface area contributed by atoms with Crippen LogP contribution in [0.5, 0.6) is 0 Å². The zero-order chi connectivity index (χ0) is 14.9. The molecule has 3 unspecified atom stereocenters.